The van der Waals surface area contributed by atoms with Gasteiger partial charge in [-0.1, -0.05) is 13.8 Å². The van der Waals surface area contributed by atoms with Crippen LogP contribution in [0.1, 0.15) is 26.5 Å². The Hall–Kier alpha value is -1.18. The Morgan fingerprint density at radius 1 is 1.38 bits per heavy atom. The Balaban J connectivity index is 2.14. The first kappa shape index (κ1) is 16.2. The molecule has 0 saturated carbocycles. The normalized spacial score (nSPS) is 12.8. The number of nitrogens with two attached hydrogens (primary N) is 1. The highest BCUT2D eigenvalue weighted by Gasteiger charge is 2.18. The highest BCUT2D eigenvalue weighted by Crippen LogP contribution is 2.38. The molecule has 2 aromatic heterocycles. The molecule has 2 rings (SSSR count). The van der Waals surface area contributed by atoms with E-state index >= 15 is 0 Å². The van der Waals surface area contributed by atoms with E-state index in [2.05, 4.69) is 40.3 Å². The minimum atomic E-state index is 0.338. The molecule has 1 unspecified atom stereocenters. The molecule has 0 aliphatic rings. The van der Waals surface area contributed by atoms with E-state index in [1.54, 1.807) is 11.3 Å². The number of likely N-dealkylation sites (N-methyl/N-ethyl adjacent to an activating group) is 1. The maximum atomic E-state index is 6.03. The number of hydrogen-bond acceptors (Lipinski definition) is 7. The second-order valence-electron chi connectivity index (χ2n) is 5.10. The number of aryl methyl sites for hydroxylation is 1. The lowest BCUT2D eigenvalue weighted by atomic mass is 10.2. The largest absolute Gasteiger partial charge is 0.382 e. The van der Waals surface area contributed by atoms with Crippen LogP contribution in [0.25, 0.3) is 10.6 Å². The number of anilines is 2. The molecule has 0 aliphatic heterocycles. The summed E-state index contributed by atoms with van der Waals surface area (Å²) >= 11 is 3.02. The summed E-state index contributed by atoms with van der Waals surface area (Å²) in [6.45, 7) is 11.7. The van der Waals surface area contributed by atoms with Gasteiger partial charge in [-0.3, -0.25) is 0 Å². The Kier molecular flexibility index (Phi) is 5.55. The molecule has 0 saturated heterocycles. The van der Waals surface area contributed by atoms with Crippen molar-refractivity contribution in [3.05, 3.63) is 11.1 Å². The quantitative estimate of drug-likeness (QED) is 0.817. The van der Waals surface area contributed by atoms with Gasteiger partial charge in [-0.2, -0.15) is 4.37 Å². The SMILES string of the molecule is CCN(CC)CC(C)Nc1snc(N)c1-c1nc(C)cs1. The summed E-state index contributed by atoms with van der Waals surface area (Å²) in [5.74, 6) is 0.562. The van der Waals surface area contributed by atoms with Crippen molar-refractivity contribution in [1.82, 2.24) is 14.3 Å². The summed E-state index contributed by atoms with van der Waals surface area (Å²) in [4.78, 5) is 6.93. The average molecular weight is 326 g/mol. The third kappa shape index (κ3) is 3.93. The molecule has 0 aliphatic carbocycles. The van der Waals surface area contributed by atoms with Crippen LogP contribution < -0.4 is 11.1 Å². The van der Waals surface area contributed by atoms with Crippen LogP contribution in [0.4, 0.5) is 10.8 Å². The van der Waals surface area contributed by atoms with E-state index in [4.69, 9.17) is 5.73 Å². The van der Waals surface area contributed by atoms with Gasteiger partial charge in [0.2, 0.25) is 0 Å². The minimum absolute atomic E-state index is 0.338. The van der Waals surface area contributed by atoms with Crippen molar-refractivity contribution in [3.63, 3.8) is 0 Å². The van der Waals surface area contributed by atoms with E-state index in [0.29, 0.717) is 11.9 Å². The fraction of sp³-hybridized carbons (Fsp3) is 0.571. The van der Waals surface area contributed by atoms with Gasteiger partial charge in [0.1, 0.15) is 15.8 Å². The van der Waals surface area contributed by atoms with Crippen molar-refractivity contribution in [1.29, 1.82) is 0 Å². The molecule has 7 heteroatoms. The Labute approximate surface area is 134 Å². The smallest absolute Gasteiger partial charge is 0.149 e. The Morgan fingerprint density at radius 3 is 2.67 bits per heavy atom. The number of aromatic nitrogens is 2. The van der Waals surface area contributed by atoms with Crippen LogP contribution in [0.2, 0.25) is 0 Å². The first-order chi connectivity index (χ1) is 10.0. The number of nitrogens with one attached hydrogen (secondary N) is 1. The lowest BCUT2D eigenvalue weighted by molar-refractivity contribution is 0.295. The summed E-state index contributed by atoms with van der Waals surface area (Å²) in [6, 6.07) is 0.338. The molecule has 0 bridgehead atoms. The zero-order valence-electron chi connectivity index (χ0n) is 13.0. The van der Waals surface area contributed by atoms with Gasteiger partial charge in [0.05, 0.1) is 5.56 Å². The topological polar surface area (TPSA) is 67.1 Å². The molecule has 21 heavy (non-hydrogen) atoms. The van der Waals surface area contributed by atoms with Crippen LogP contribution >= 0.6 is 22.9 Å². The number of rotatable bonds is 7. The van der Waals surface area contributed by atoms with Gasteiger partial charge in [0.15, 0.2) is 0 Å². The average Bonchev–Trinajstić information content (AvgIpc) is 3.02. The van der Waals surface area contributed by atoms with Crippen molar-refractivity contribution in [2.75, 3.05) is 30.7 Å². The zero-order chi connectivity index (χ0) is 15.4. The van der Waals surface area contributed by atoms with Crippen molar-refractivity contribution < 1.29 is 0 Å². The van der Waals surface area contributed by atoms with E-state index in [1.807, 2.05) is 12.3 Å². The molecule has 116 valence electrons. The zero-order valence-corrected chi connectivity index (χ0v) is 14.6. The molecule has 0 amide bonds. The van der Waals surface area contributed by atoms with Crippen LogP contribution in [-0.2, 0) is 0 Å². The van der Waals surface area contributed by atoms with Crippen LogP contribution in [0.15, 0.2) is 5.38 Å². The van der Waals surface area contributed by atoms with E-state index in [1.165, 1.54) is 11.5 Å². The Bertz CT molecular complexity index is 574. The van der Waals surface area contributed by atoms with Crippen molar-refractivity contribution in [3.8, 4) is 10.6 Å². The summed E-state index contributed by atoms with van der Waals surface area (Å²) < 4.78 is 4.28. The van der Waals surface area contributed by atoms with Gasteiger partial charge in [0, 0.05) is 23.7 Å². The molecule has 2 heterocycles. The van der Waals surface area contributed by atoms with E-state index in [0.717, 1.165) is 40.9 Å². The van der Waals surface area contributed by atoms with E-state index in [9.17, 15) is 0 Å². The molecule has 3 N–H and O–H groups in total. The molecule has 0 radical (unpaired) electrons. The maximum absolute atomic E-state index is 6.03. The van der Waals surface area contributed by atoms with Crippen LogP contribution in [0, 0.1) is 6.92 Å². The van der Waals surface area contributed by atoms with Gasteiger partial charge in [-0.15, -0.1) is 11.3 Å². The van der Waals surface area contributed by atoms with Crippen LogP contribution in [-0.4, -0.2) is 39.9 Å². The van der Waals surface area contributed by atoms with Crippen molar-refractivity contribution in [2.24, 2.45) is 0 Å². The predicted octanol–water partition coefficient (Wildman–Crippen LogP) is 3.30. The molecule has 0 spiro atoms. The molecule has 5 nitrogen and oxygen atoms in total. The van der Waals surface area contributed by atoms with Gasteiger partial charge >= 0.3 is 0 Å². The summed E-state index contributed by atoms with van der Waals surface area (Å²) in [6.07, 6.45) is 0. The molecule has 2 aromatic rings. The van der Waals surface area contributed by atoms with E-state index < -0.39 is 0 Å². The minimum Gasteiger partial charge on any atom is -0.382 e. The fourth-order valence-corrected chi connectivity index (χ4v) is 3.96. The molecular weight excluding hydrogens is 302 g/mol. The molecule has 0 aromatic carbocycles. The number of hydrogen-bond donors (Lipinski definition) is 2. The predicted molar refractivity (Wildman–Crippen MR) is 93.2 cm³/mol. The number of nitrogen functional groups attached to an aromatic ring is 1. The molecular formula is C14H23N5S2. The van der Waals surface area contributed by atoms with Gasteiger partial charge < -0.3 is 16.0 Å². The third-order valence-electron chi connectivity index (χ3n) is 3.36. The molecule has 0 fully saturated rings. The van der Waals surface area contributed by atoms with Crippen LogP contribution in [0.3, 0.4) is 0 Å². The summed E-state index contributed by atoms with van der Waals surface area (Å²) in [5.41, 5.74) is 7.99. The highest BCUT2D eigenvalue weighted by molar-refractivity contribution is 7.15. The summed E-state index contributed by atoms with van der Waals surface area (Å²) in [5, 5.41) is 7.53. The van der Waals surface area contributed by atoms with Crippen molar-refractivity contribution in [2.45, 2.75) is 33.7 Å². The van der Waals surface area contributed by atoms with Gasteiger partial charge in [0.25, 0.3) is 0 Å². The lowest BCUT2D eigenvalue weighted by Gasteiger charge is -2.23. The van der Waals surface area contributed by atoms with Crippen LogP contribution in [0.5, 0.6) is 0 Å². The lowest BCUT2D eigenvalue weighted by Crippen LogP contribution is -2.34. The first-order valence-corrected chi connectivity index (χ1v) is 8.86. The highest BCUT2D eigenvalue weighted by atomic mass is 32.1. The second-order valence-corrected chi connectivity index (χ2v) is 6.73. The van der Waals surface area contributed by atoms with Crippen molar-refractivity contribution >= 4 is 33.7 Å². The standard InChI is InChI=1S/C14H23N5S2/c1-5-19(6-2)7-9(3)16-14-11(12(15)18-21-14)13-17-10(4)8-20-13/h8-9,16H,5-7H2,1-4H3,(H2,15,18). The third-order valence-corrected chi connectivity index (χ3v) is 5.13. The fourth-order valence-electron chi connectivity index (χ4n) is 2.21. The maximum Gasteiger partial charge on any atom is 0.149 e. The monoisotopic (exact) mass is 325 g/mol. The number of nitrogens with zero attached hydrogens (tertiary/aromatic N) is 3. The second kappa shape index (κ2) is 7.20. The first-order valence-electron chi connectivity index (χ1n) is 7.21. The summed E-state index contributed by atoms with van der Waals surface area (Å²) in [7, 11) is 0. The van der Waals surface area contributed by atoms with Gasteiger partial charge in [-0.05, 0) is 38.5 Å². The Morgan fingerprint density at radius 2 is 2.10 bits per heavy atom. The van der Waals surface area contributed by atoms with Gasteiger partial charge in [-0.25, -0.2) is 4.98 Å². The number of thiazole rings is 1. The molecule has 1 atom stereocenters. The van der Waals surface area contributed by atoms with E-state index in [-0.39, 0.29) is 0 Å².